The van der Waals surface area contributed by atoms with Gasteiger partial charge in [-0.1, -0.05) is 0 Å². The molecule has 0 aromatic carbocycles. The highest BCUT2D eigenvalue weighted by molar-refractivity contribution is 7.98. The van der Waals surface area contributed by atoms with Crippen molar-refractivity contribution < 1.29 is 14.1 Å². The van der Waals surface area contributed by atoms with Crippen LogP contribution in [0.1, 0.15) is 6.42 Å². The fraction of sp³-hybridized carbons (Fsp3) is 0.833. The van der Waals surface area contributed by atoms with Crippen molar-refractivity contribution in [3.63, 3.8) is 0 Å². The van der Waals surface area contributed by atoms with Crippen LogP contribution in [0.4, 0.5) is 0 Å². The van der Waals surface area contributed by atoms with Gasteiger partial charge in [-0.3, -0.25) is 9.00 Å². The topological polar surface area (TPSA) is 54.4 Å². The van der Waals surface area contributed by atoms with Crippen LogP contribution in [-0.2, 0) is 15.6 Å². The fourth-order valence-electron chi connectivity index (χ4n) is 0.574. The molecule has 0 spiro atoms. The molecule has 5 heteroatoms. The summed E-state index contributed by atoms with van der Waals surface area (Å²) >= 11 is 1.68. The molecule has 0 saturated carbocycles. The van der Waals surface area contributed by atoms with E-state index in [9.17, 15) is 9.00 Å². The number of thioether (sulfide) groups is 1. The lowest BCUT2D eigenvalue weighted by molar-refractivity contribution is -0.133. The van der Waals surface area contributed by atoms with E-state index in [1.165, 1.54) is 0 Å². The number of aliphatic carboxylic acids is 1. The van der Waals surface area contributed by atoms with Crippen molar-refractivity contribution in [3.05, 3.63) is 0 Å². The molecule has 1 atom stereocenters. The van der Waals surface area contributed by atoms with Gasteiger partial charge >= 0.3 is 5.97 Å². The van der Waals surface area contributed by atoms with Crippen LogP contribution >= 0.6 is 11.8 Å². The Balaban J connectivity index is 3.30. The lowest BCUT2D eigenvalue weighted by atomic mass is 10.6. The van der Waals surface area contributed by atoms with Crippen molar-refractivity contribution in [1.29, 1.82) is 0 Å². The van der Waals surface area contributed by atoms with Gasteiger partial charge in [0.25, 0.3) is 0 Å². The molecule has 0 aliphatic heterocycles. The first kappa shape index (κ1) is 11.0. The number of carbonyl (C=O) groups is 1. The Morgan fingerprint density at radius 2 is 2.27 bits per heavy atom. The zero-order valence-electron chi connectivity index (χ0n) is 6.41. The first-order chi connectivity index (χ1) is 5.16. The van der Waals surface area contributed by atoms with Crippen LogP contribution in [0.2, 0.25) is 0 Å². The SMILES string of the molecule is CSCCCS(=O)CC(=O)O. The van der Waals surface area contributed by atoms with Crippen LogP contribution in [0.25, 0.3) is 0 Å². The van der Waals surface area contributed by atoms with Gasteiger partial charge in [-0.05, 0) is 18.4 Å². The largest absolute Gasteiger partial charge is 0.481 e. The van der Waals surface area contributed by atoms with Gasteiger partial charge in [-0.2, -0.15) is 11.8 Å². The molecule has 66 valence electrons. The van der Waals surface area contributed by atoms with Crippen molar-refractivity contribution in [2.75, 3.05) is 23.5 Å². The maximum atomic E-state index is 10.8. The van der Waals surface area contributed by atoms with Crippen LogP contribution in [0.3, 0.4) is 0 Å². The Bertz CT molecular complexity index is 147. The quantitative estimate of drug-likeness (QED) is 0.631. The molecular weight excluding hydrogens is 184 g/mol. The molecule has 3 nitrogen and oxygen atoms in total. The Kier molecular flexibility index (Phi) is 6.65. The number of carboxylic acid groups (broad SMARTS) is 1. The predicted molar refractivity (Wildman–Crippen MR) is 48.5 cm³/mol. The molecular formula is C6H12O3S2. The molecule has 0 aromatic rings. The third-order valence-electron chi connectivity index (χ3n) is 1.00. The van der Waals surface area contributed by atoms with Crippen molar-refractivity contribution >= 4 is 28.5 Å². The summed E-state index contributed by atoms with van der Waals surface area (Å²) in [4.78, 5) is 10.0. The van der Waals surface area contributed by atoms with E-state index < -0.39 is 16.8 Å². The maximum Gasteiger partial charge on any atom is 0.316 e. The van der Waals surface area contributed by atoms with E-state index in [2.05, 4.69) is 0 Å². The van der Waals surface area contributed by atoms with Gasteiger partial charge in [0.2, 0.25) is 0 Å². The molecule has 0 saturated heterocycles. The minimum absolute atomic E-state index is 0.214. The lowest BCUT2D eigenvalue weighted by Crippen LogP contribution is -2.12. The number of hydrogen-bond acceptors (Lipinski definition) is 3. The Morgan fingerprint density at radius 3 is 2.73 bits per heavy atom. The fourth-order valence-corrected chi connectivity index (χ4v) is 2.08. The second kappa shape index (κ2) is 6.67. The van der Waals surface area contributed by atoms with Crippen LogP contribution in [0.5, 0.6) is 0 Å². The zero-order chi connectivity index (χ0) is 8.69. The van der Waals surface area contributed by atoms with E-state index in [0.717, 1.165) is 12.2 Å². The summed E-state index contributed by atoms with van der Waals surface area (Å²) < 4.78 is 10.8. The maximum absolute atomic E-state index is 10.8. The summed E-state index contributed by atoms with van der Waals surface area (Å²) in [5.41, 5.74) is 0. The van der Waals surface area contributed by atoms with Crippen molar-refractivity contribution in [2.24, 2.45) is 0 Å². The van der Waals surface area contributed by atoms with E-state index in [4.69, 9.17) is 5.11 Å². The molecule has 0 bridgehead atoms. The van der Waals surface area contributed by atoms with Gasteiger partial charge < -0.3 is 5.11 Å². The van der Waals surface area contributed by atoms with Gasteiger partial charge in [-0.25, -0.2) is 0 Å². The second-order valence-corrected chi connectivity index (χ2v) is 4.59. The average molecular weight is 196 g/mol. The summed E-state index contributed by atoms with van der Waals surface area (Å²) in [6.45, 7) is 0. The minimum atomic E-state index is -1.16. The third kappa shape index (κ3) is 7.87. The summed E-state index contributed by atoms with van der Waals surface area (Å²) in [5.74, 6) is 0.264. The predicted octanol–water partition coefficient (Wildman–Crippen LogP) is 0.573. The third-order valence-corrected chi connectivity index (χ3v) is 3.01. The van der Waals surface area contributed by atoms with Crippen LogP contribution in [0, 0.1) is 0 Å². The van der Waals surface area contributed by atoms with Crippen molar-refractivity contribution in [1.82, 2.24) is 0 Å². The molecule has 0 aliphatic carbocycles. The summed E-state index contributed by atoms with van der Waals surface area (Å²) in [7, 11) is -1.16. The number of carboxylic acids is 1. The van der Waals surface area contributed by atoms with Crippen molar-refractivity contribution in [2.45, 2.75) is 6.42 Å². The van der Waals surface area contributed by atoms with E-state index in [1.54, 1.807) is 11.8 Å². The average Bonchev–Trinajstić information content (AvgIpc) is 1.86. The molecule has 0 aromatic heterocycles. The van der Waals surface area contributed by atoms with Crippen LogP contribution < -0.4 is 0 Å². The highest BCUT2D eigenvalue weighted by Gasteiger charge is 2.04. The normalized spacial score (nSPS) is 12.8. The summed E-state index contributed by atoms with van der Waals surface area (Å²) in [6, 6.07) is 0. The lowest BCUT2D eigenvalue weighted by Gasteiger charge is -1.96. The smallest absolute Gasteiger partial charge is 0.316 e. The minimum Gasteiger partial charge on any atom is -0.481 e. The second-order valence-electron chi connectivity index (χ2n) is 2.03. The van der Waals surface area contributed by atoms with E-state index in [0.29, 0.717) is 5.75 Å². The summed E-state index contributed by atoms with van der Waals surface area (Å²) in [6.07, 6.45) is 2.81. The van der Waals surface area contributed by atoms with Gasteiger partial charge in [0.1, 0.15) is 5.75 Å². The molecule has 0 aliphatic rings. The Labute approximate surface area is 73.0 Å². The molecule has 0 fully saturated rings. The van der Waals surface area contributed by atoms with E-state index in [1.807, 2.05) is 6.26 Å². The first-order valence-electron chi connectivity index (χ1n) is 3.22. The standard InChI is InChI=1S/C6H12O3S2/c1-10-3-2-4-11(9)5-6(7)8/h2-5H2,1H3,(H,7,8). The molecule has 1 unspecified atom stereocenters. The molecule has 0 radical (unpaired) electrons. The zero-order valence-corrected chi connectivity index (χ0v) is 8.04. The van der Waals surface area contributed by atoms with Gasteiger partial charge in [0.05, 0.1) is 0 Å². The molecule has 1 N–H and O–H groups in total. The highest BCUT2D eigenvalue weighted by atomic mass is 32.2. The summed E-state index contributed by atoms with van der Waals surface area (Å²) in [5, 5.41) is 8.24. The molecule has 0 amide bonds. The Hall–Kier alpha value is -0.0300. The Morgan fingerprint density at radius 1 is 1.64 bits per heavy atom. The first-order valence-corrected chi connectivity index (χ1v) is 6.10. The van der Waals surface area contributed by atoms with E-state index >= 15 is 0 Å². The monoisotopic (exact) mass is 196 g/mol. The van der Waals surface area contributed by atoms with Gasteiger partial charge in [-0.15, -0.1) is 0 Å². The van der Waals surface area contributed by atoms with Crippen LogP contribution in [0.15, 0.2) is 0 Å². The highest BCUT2D eigenvalue weighted by Crippen LogP contribution is 1.97. The van der Waals surface area contributed by atoms with E-state index in [-0.39, 0.29) is 5.75 Å². The molecule has 0 heterocycles. The van der Waals surface area contributed by atoms with Gasteiger partial charge in [0.15, 0.2) is 0 Å². The molecule has 11 heavy (non-hydrogen) atoms. The van der Waals surface area contributed by atoms with Crippen molar-refractivity contribution in [3.8, 4) is 0 Å². The number of rotatable bonds is 6. The van der Waals surface area contributed by atoms with Crippen LogP contribution in [-0.4, -0.2) is 38.8 Å². The molecule has 0 rings (SSSR count). The van der Waals surface area contributed by atoms with Gasteiger partial charge in [0, 0.05) is 16.6 Å². The number of hydrogen-bond donors (Lipinski definition) is 1.